The van der Waals surface area contributed by atoms with Crippen molar-refractivity contribution in [3.8, 4) is 0 Å². The fourth-order valence-electron chi connectivity index (χ4n) is 2.44. The van der Waals surface area contributed by atoms with Crippen LogP contribution in [-0.4, -0.2) is 10.7 Å². The van der Waals surface area contributed by atoms with Crippen molar-refractivity contribution in [2.75, 3.05) is 0 Å². The molecule has 0 fully saturated rings. The number of halogens is 2. The Labute approximate surface area is 139 Å². The number of hydrogen-bond donors (Lipinski definition) is 0. The minimum absolute atomic E-state index is 0.0864. The SMILES string of the molecule is Cc1ncc(N=C(c2ccccc2)c2ccccc2)cc1C(F)F. The van der Waals surface area contributed by atoms with E-state index in [0.29, 0.717) is 11.4 Å². The molecule has 0 bridgehead atoms. The molecule has 24 heavy (non-hydrogen) atoms. The molecular formula is C20H16F2N2. The Morgan fingerprint density at radius 1 is 0.917 bits per heavy atom. The average molecular weight is 322 g/mol. The van der Waals surface area contributed by atoms with Crippen molar-refractivity contribution in [2.24, 2.45) is 4.99 Å². The van der Waals surface area contributed by atoms with E-state index in [2.05, 4.69) is 9.98 Å². The van der Waals surface area contributed by atoms with E-state index in [1.54, 1.807) is 6.92 Å². The van der Waals surface area contributed by atoms with Crippen molar-refractivity contribution in [1.82, 2.24) is 4.98 Å². The summed E-state index contributed by atoms with van der Waals surface area (Å²) < 4.78 is 26.2. The molecule has 0 aliphatic rings. The predicted molar refractivity (Wildman–Crippen MR) is 92.1 cm³/mol. The van der Waals surface area contributed by atoms with Crippen LogP contribution in [0.3, 0.4) is 0 Å². The summed E-state index contributed by atoms with van der Waals surface area (Å²) in [6, 6.07) is 20.7. The fourth-order valence-corrected chi connectivity index (χ4v) is 2.44. The highest BCUT2D eigenvalue weighted by Gasteiger charge is 2.13. The van der Waals surface area contributed by atoms with E-state index in [9.17, 15) is 8.78 Å². The standard InChI is InChI=1S/C20H16F2N2/c1-14-18(20(21)22)12-17(13-23-14)24-19(15-8-4-2-5-9-15)16-10-6-3-7-11-16/h2-13,20H,1H3. The van der Waals surface area contributed by atoms with Crippen LogP contribution in [0.2, 0.25) is 0 Å². The van der Waals surface area contributed by atoms with E-state index in [1.165, 1.54) is 12.3 Å². The highest BCUT2D eigenvalue weighted by Crippen LogP contribution is 2.26. The Kier molecular flexibility index (Phi) is 4.75. The van der Waals surface area contributed by atoms with Crippen LogP contribution in [0, 0.1) is 6.92 Å². The summed E-state index contributed by atoms with van der Waals surface area (Å²) in [5, 5.41) is 0. The van der Waals surface area contributed by atoms with Gasteiger partial charge >= 0.3 is 0 Å². The molecule has 0 amide bonds. The molecule has 0 unspecified atom stereocenters. The summed E-state index contributed by atoms with van der Waals surface area (Å²) in [7, 11) is 0. The van der Waals surface area contributed by atoms with Crippen molar-refractivity contribution in [3.05, 3.63) is 95.3 Å². The van der Waals surface area contributed by atoms with Gasteiger partial charge < -0.3 is 0 Å². The molecular weight excluding hydrogens is 306 g/mol. The quantitative estimate of drug-likeness (QED) is 0.582. The van der Waals surface area contributed by atoms with Gasteiger partial charge in [-0.3, -0.25) is 4.98 Å². The third-order valence-electron chi connectivity index (χ3n) is 3.68. The Morgan fingerprint density at radius 2 is 1.46 bits per heavy atom. The van der Waals surface area contributed by atoms with Gasteiger partial charge in [-0.25, -0.2) is 13.8 Å². The lowest BCUT2D eigenvalue weighted by Crippen LogP contribution is -2.03. The largest absolute Gasteiger partial charge is 0.265 e. The first-order valence-electron chi connectivity index (χ1n) is 7.59. The van der Waals surface area contributed by atoms with Crippen molar-refractivity contribution >= 4 is 11.4 Å². The van der Waals surface area contributed by atoms with Gasteiger partial charge in [0.1, 0.15) is 0 Å². The van der Waals surface area contributed by atoms with Crippen LogP contribution in [0.1, 0.15) is 28.8 Å². The molecule has 1 heterocycles. The first kappa shape index (κ1) is 16.0. The Morgan fingerprint density at radius 3 is 1.96 bits per heavy atom. The monoisotopic (exact) mass is 322 g/mol. The van der Waals surface area contributed by atoms with Gasteiger partial charge in [-0.15, -0.1) is 0 Å². The highest BCUT2D eigenvalue weighted by molar-refractivity contribution is 6.13. The lowest BCUT2D eigenvalue weighted by atomic mass is 10.0. The summed E-state index contributed by atoms with van der Waals surface area (Å²) in [5.41, 5.74) is 3.22. The molecule has 3 aromatic rings. The zero-order valence-electron chi connectivity index (χ0n) is 13.2. The van der Waals surface area contributed by atoms with E-state index in [0.717, 1.165) is 16.8 Å². The van der Waals surface area contributed by atoms with E-state index in [4.69, 9.17) is 0 Å². The molecule has 0 saturated heterocycles. The van der Waals surface area contributed by atoms with E-state index in [1.807, 2.05) is 60.7 Å². The summed E-state index contributed by atoms with van der Waals surface area (Å²) >= 11 is 0. The normalized spacial score (nSPS) is 10.7. The third-order valence-corrected chi connectivity index (χ3v) is 3.68. The number of hydrogen-bond acceptors (Lipinski definition) is 2. The van der Waals surface area contributed by atoms with Gasteiger partial charge in [-0.2, -0.15) is 0 Å². The first-order chi connectivity index (χ1) is 11.6. The van der Waals surface area contributed by atoms with Crippen molar-refractivity contribution in [2.45, 2.75) is 13.3 Å². The number of benzene rings is 2. The van der Waals surface area contributed by atoms with Gasteiger partial charge in [0.05, 0.1) is 17.6 Å². The van der Waals surface area contributed by atoms with Crippen molar-refractivity contribution in [3.63, 3.8) is 0 Å². The smallest absolute Gasteiger partial charge is 0.259 e. The van der Waals surface area contributed by atoms with Crippen LogP contribution in [0.15, 0.2) is 77.9 Å². The van der Waals surface area contributed by atoms with Gasteiger partial charge in [0, 0.05) is 22.4 Å². The molecule has 0 aliphatic carbocycles. The van der Waals surface area contributed by atoms with Gasteiger partial charge in [-0.05, 0) is 13.0 Å². The summed E-state index contributed by atoms with van der Waals surface area (Å²) in [6.45, 7) is 1.57. The number of aromatic nitrogens is 1. The van der Waals surface area contributed by atoms with E-state index < -0.39 is 6.43 Å². The number of alkyl halides is 2. The molecule has 0 radical (unpaired) electrons. The maximum absolute atomic E-state index is 13.1. The zero-order valence-corrected chi connectivity index (χ0v) is 13.2. The van der Waals surface area contributed by atoms with Gasteiger partial charge in [0.15, 0.2) is 0 Å². The zero-order chi connectivity index (χ0) is 16.9. The molecule has 0 atom stereocenters. The molecule has 0 spiro atoms. The first-order valence-corrected chi connectivity index (χ1v) is 7.59. The molecule has 2 aromatic carbocycles. The van der Waals surface area contributed by atoms with Gasteiger partial charge in [-0.1, -0.05) is 60.7 Å². The second-order valence-corrected chi connectivity index (χ2v) is 5.36. The van der Waals surface area contributed by atoms with Crippen LogP contribution in [0.5, 0.6) is 0 Å². The molecule has 2 nitrogen and oxygen atoms in total. The number of aryl methyl sites for hydroxylation is 1. The van der Waals surface area contributed by atoms with Gasteiger partial charge in [0.2, 0.25) is 0 Å². The van der Waals surface area contributed by atoms with Crippen molar-refractivity contribution in [1.29, 1.82) is 0 Å². The maximum atomic E-state index is 13.1. The van der Waals surface area contributed by atoms with Crippen LogP contribution in [0.4, 0.5) is 14.5 Å². The number of aliphatic imine (C=N–C) groups is 1. The van der Waals surface area contributed by atoms with Crippen molar-refractivity contribution < 1.29 is 8.78 Å². The number of nitrogens with zero attached hydrogens (tertiary/aromatic N) is 2. The second-order valence-electron chi connectivity index (χ2n) is 5.36. The summed E-state index contributed by atoms with van der Waals surface area (Å²) in [4.78, 5) is 8.66. The van der Waals surface area contributed by atoms with Crippen LogP contribution >= 0.6 is 0 Å². The average Bonchev–Trinajstić information content (AvgIpc) is 2.62. The summed E-state index contributed by atoms with van der Waals surface area (Å²) in [6.07, 6.45) is -1.04. The maximum Gasteiger partial charge on any atom is 0.265 e. The Balaban J connectivity index is 2.13. The van der Waals surface area contributed by atoms with E-state index in [-0.39, 0.29) is 5.56 Å². The summed E-state index contributed by atoms with van der Waals surface area (Å²) in [5.74, 6) is 0. The molecule has 1 aromatic heterocycles. The van der Waals surface area contributed by atoms with Crippen LogP contribution < -0.4 is 0 Å². The van der Waals surface area contributed by atoms with Gasteiger partial charge in [0.25, 0.3) is 6.43 Å². The van der Waals surface area contributed by atoms with E-state index >= 15 is 0 Å². The lowest BCUT2D eigenvalue weighted by Gasteiger charge is -2.09. The minimum Gasteiger partial charge on any atom is -0.259 e. The topological polar surface area (TPSA) is 25.2 Å². The molecule has 0 N–H and O–H groups in total. The molecule has 0 saturated carbocycles. The second kappa shape index (κ2) is 7.13. The molecule has 120 valence electrons. The highest BCUT2D eigenvalue weighted by atomic mass is 19.3. The number of pyridine rings is 1. The minimum atomic E-state index is -2.57. The van der Waals surface area contributed by atoms with Crippen LogP contribution in [-0.2, 0) is 0 Å². The molecule has 4 heteroatoms. The van der Waals surface area contributed by atoms with Crippen LogP contribution in [0.25, 0.3) is 0 Å². The Hall–Kier alpha value is -2.88. The molecule has 0 aliphatic heterocycles. The predicted octanol–water partition coefficient (Wildman–Crippen LogP) is 5.50. The molecule has 3 rings (SSSR count). The number of rotatable bonds is 4. The third kappa shape index (κ3) is 3.54. The lowest BCUT2D eigenvalue weighted by molar-refractivity contribution is 0.150. The Bertz CT molecular complexity index is 803. The fraction of sp³-hybridized carbons (Fsp3) is 0.100.